The summed E-state index contributed by atoms with van der Waals surface area (Å²) in [6.45, 7) is 1.18. The summed E-state index contributed by atoms with van der Waals surface area (Å²) in [5.74, 6) is 3.99. The van der Waals surface area contributed by atoms with Crippen molar-refractivity contribution in [2.75, 3.05) is 17.7 Å². The van der Waals surface area contributed by atoms with Gasteiger partial charge in [0.1, 0.15) is 11.0 Å². The van der Waals surface area contributed by atoms with Gasteiger partial charge in [0, 0.05) is 18.7 Å². The van der Waals surface area contributed by atoms with E-state index in [4.69, 9.17) is 11.6 Å². The van der Waals surface area contributed by atoms with E-state index in [9.17, 15) is 0 Å². The molecule has 2 saturated carbocycles. The molecule has 1 aromatic heterocycles. The maximum Gasteiger partial charge on any atom is 0.190 e. The second-order valence-corrected chi connectivity index (χ2v) is 5.66. The number of hydrogen-bond donors (Lipinski definition) is 0. The van der Waals surface area contributed by atoms with Crippen molar-refractivity contribution in [1.82, 2.24) is 9.97 Å². The molecular formula is C10H10ClN3S. The summed E-state index contributed by atoms with van der Waals surface area (Å²) in [4.78, 5) is 11.1. The van der Waals surface area contributed by atoms with Crippen molar-refractivity contribution in [2.24, 2.45) is 17.8 Å². The van der Waals surface area contributed by atoms with Gasteiger partial charge in [0.25, 0.3) is 0 Å². The Balaban J connectivity index is 1.71. The smallest absolute Gasteiger partial charge is 0.190 e. The van der Waals surface area contributed by atoms with Crippen molar-refractivity contribution in [3.63, 3.8) is 0 Å². The predicted molar refractivity (Wildman–Crippen MR) is 60.4 cm³/mol. The van der Waals surface area contributed by atoms with Gasteiger partial charge in [0.15, 0.2) is 5.16 Å². The molecule has 5 rings (SSSR count). The molecule has 78 valence electrons. The van der Waals surface area contributed by atoms with Crippen LogP contribution in [0.4, 0.5) is 5.82 Å². The Hall–Kier alpha value is -0.480. The summed E-state index contributed by atoms with van der Waals surface area (Å²) in [5.41, 5.74) is 0. The molecule has 5 heteroatoms. The third kappa shape index (κ3) is 1.04. The average Bonchev–Trinajstić information content (AvgIpc) is 3.04. The summed E-state index contributed by atoms with van der Waals surface area (Å²) in [6, 6.07) is 2.68. The summed E-state index contributed by atoms with van der Waals surface area (Å²) >= 11 is 7.53. The number of anilines is 1. The van der Waals surface area contributed by atoms with Crippen LogP contribution in [0, 0.1) is 17.8 Å². The third-order valence-electron chi connectivity index (χ3n) is 3.85. The molecular weight excluding hydrogens is 230 g/mol. The lowest BCUT2D eigenvalue weighted by Gasteiger charge is -2.17. The first kappa shape index (κ1) is 8.65. The Morgan fingerprint density at radius 3 is 2.87 bits per heavy atom. The van der Waals surface area contributed by atoms with Crippen molar-refractivity contribution in [1.29, 1.82) is 0 Å². The molecule has 0 amide bonds. The number of thioether (sulfide) groups is 1. The first-order valence-electron chi connectivity index (χ1n) is 5.15. The van der Waals surface area contributed by atoms with Crippen molar-refractivity contribution >= 4 is 29.2 Å². The van der Waals surface area contributed by atoms with Crippen LogP contribution >= 0.6 is 23.4 Å². The van der Waals surface area contributed by atoms with Crippen LogP contribution in [-0.2, 0) is 0 Å². The Kier molecular flexibility index (Phi) is 1.50. The van der Waals surface area contributed by atoms with Gasteiger partial charge in [-0.25, -0.2) is 9.97 Å². The zero-order chi connectivity index (χ0) is 10.2. The van der Waals surface area contributed by atoms with E-state index in [0.29, 0.717) is 5.15 Å². The Morgan fingerprint density at radius 2 is 2.27 bits per heavy atom. The number of aromatic nitrogens is 2. The lowest BCUT2D eigenvalue weighted by Crippen LogP contribution is -2.21. The van der Waals surface area contributed by atoms with E-state index >= 15 is 0 Å². The fraction of sp³-hybridized carbons (Fsp3) is 0.600. The number of halogens is 1. The van der Waals surface area contributed by atoms with E-state index in [2.05, 4.69) is 14.9 Å². The fourth-order valence-electron chi connectivity index (χ4n) is 3.01. The van der Waals surface area contributed by atoms with Crippen molar-refractivity contribution in [3.05, 3.63) is 11.2 Å². The Bertz CT molecular complexity index is 436. The summed E-state index contributed by atoms with van der Waals surface area (Å²) < 4.78 is 0. The van der Waals surface area contributed by atoms with Crippen LogP contribution in [0.25, 0.3) is 0 Å². The molecule has 0 radical (unpaired) electrons. The average molecular weight is 240 g/mol. The Labute approximate surface area is 97.2 Å². The van der Waals surface area contributed by atoms with Crippen LogP contribution in [0.15, 0.2) is 11.2 Å². The van der Waals surface area contributed by atoms with Crippen LogP contribution < -0.4 is 4.90 Å². The van der Waals surface area contributed by atoms with E-state index < -0.39 is 0 Å². The molecule has 0 spiro atoms. The highest BCUT2D eigenvalue weighted by molar-refractivity contribution is 7.98. The minimum absolute atomic E-state index is 0.559. The molecule has 4 aliphatic rings. The predicted octanol–water partition coefficient (Wildman–Crippen LogP) is 1.92. The Morgan fingerprint density at radius 1 is 1.47 bits per heavy atom. The second kappa shape index (κ2) is 2.61. The topological polar surface area (TPSA) is 29.0 Å². The molecule has 0 N–H and O–H groups in total. The standard InChI is InChI=1S/C10H10ClN3S/c1-15-10-12-5(11)2-6(13-10)14-3-4-7-8(4)9(7)14/h2,4,7-9H,3H2,1H3/t4?,7-,8?,9?/m0/s1. The number of nitrogens with zero attached hydrogens (tertiary/aromatic N) is 3. The SMILES string of the molecule is CSc1nc(Cl)cc(N2CC3C4C2[C@@H]34)n1. The summed E-state index contributed by atoms with van der Waals surface area (Å²) in [7, 11) is 0. The van der Waals surface area contributed by atoms with Crippen LogP contribution in [0.2, 0.25) is 5.15 Å². The number of hydrogen-bond acceptors (Lipinski definition) is 4. The maximum atomic E-state index is 5.98. The first-order chi connectivity index (χ1) is 7.29. The maximum absolute atomic E-state index is 5.98. The van der Waals surface area contributed by atoms with Gasteiger partial charge in [-0.05, 0) is 24.0 Å². The summed E-state index contributed by atoms with van der Waals surface area (Å²) in [5, 5.41) is 1.33. The van der Waals surface area contributed by atoms with E-state index in [1.807, 2.05) is 12.3 Å². The highest BCUT2D eigenvalue weighted by Crippen LogP contribution is 2.75. The molecule has 4 fully saturated rings. The molecule has 3 unspecified atom stereocenters. The second-order valence-electron chi connectivity index (χ2n) is 4.50. The van der Waals surface area contributed by atoms with Crippen LogP contribution in [0.3, 0.4) is 0 Å². The van der Waals surface area contributed by atoms with E-state index in [1.165, 1.54) is 6.54 Å². The van der Waals surface area contributed by atoms with Crippen molar-refractivity contribution in [2.45, 2.75) is 11.2 Å². The molecule has 0 aromatic carbocycles. The molecule has 2 aliphatic heterocycles. The first-order valence-corrected chi connectivity index (χ1v) is 6.75. The summed E-state index contributed by atoms with van der Waals surface area (Å²) in [6.07, 6.45) is 1.98. The fourth-order valence-corrected chi connectivity index (χ4v) is 3.61. The zero-order valence-corrected chi connectivity index (χ0v) is 9.79. The van der Waals surface area contributed by atoms with Gasteiger partial charge in [0.2, 0.25) is 0 Å². The minimum Gasteiger partial charge on any atom is -0.353 e. The van der Waals surface area contributed by atoms with Crippen LogP contribution in [0.5, 0.6) is 0 Å². The van der Waals surface area contributed by atoms with Crippen LogP contribution in [-0.4, -0.2) is 28.8 Å². The van der Waals surface area contributed by atoms with E-state index in [-0.39, 0.29) is 0 Å². The molecule has 2 bridgehead atoms. The van der Waals surface area contributed by atoms with Crippen molar-refractivity contribution < 1.29 is 0 Å². The van der Waals surface area contributed by atoms with Gasteiger partial charge in [-0.1, -0.05) is 23.4 Å². The molecule has 2 saturated heterocycles. The third-order valence-corrected chi connectivity index (χ3v) is 4.59. The minimum atomic E-state index is 0.559. The highest BCUT2D eigenvalue weighted by Gasteiger charge is 2.80. The van der Waals surface area contributed by atoms with Gasteiger partial charge in [-0.2, -0.15) is 0 Å². The lowest BCUT2D eigenvalue weighted by molar-refractivity contribution is 0.735. The molecule has 4 atom stereocenters. The number of rotatable bonds is 2. The van der Waals surface area contributed by atoms with Gasteiger partial charge in [-0.15, -0.1) is 0 Å². The molecule has 3 nitrogen and oxygen atoms in total. The van der Waals surface area contributed by atoms with Gasteiger partial charge in [0.05, 0.1) is 0 Å². The van der Waals surface area contributed by atoms with E-state index in [1.54, 1.807) is 11.8 Å². The van der Waals surface area contributed by atoms with Gasteiger partial charge >= 0.3 is 0 Å². The quantitative estimate of drug-likeness (QED) is 0.448. The van der Waals surface area contributed by atoms with E-state index in [0.717, 1.165) is 34.8 Å². The molecule has 15 heavy (non-hydrogen) atoms. The molecule has 1 aromatic rings. The van der Waals surface area contributed by atoms with Gasteiger partial charge in [-0.3, -0.25) is 0 Å². The van der Waals surface area contributed by atoms with Crippen molar-refractivity contribution in [3.8, 4) is 0 Å². The lowest BCUT2D eigenvalue weighted by atomic mass is 10.2. The number of fused-ring (bicyclic) bond motifs is 1. The molecule has 2 aliphatic carbocycles. The van der Waals surface area contributed by atoms with Crippen LogP contribution in [0.1, 0.15) is 0 Å². The highest BCUT2D eigenvalue weighted by atomic mass is 35.5. The zero-order valence-electron chi connectivity index (χ0n) is 8.22. The number of piperidine rings is 1. The van der Waals surface area contributed by atoms with Gasteiger partial charge < -0.3 is 4.90 Å². The monoisotopic (exact) mass is 239 g/mol. The normalized spacial score (nSPS) is 39.2. The largest absolute Gasteiger partial charge is 0.353 e. The molecule has 3 heterocycles.